The maximum atomic E-state index is 10.5. The van der Waals surface area contributed by atoms with Crippen LogP contribution in [0.25, 0.3) is 21.0 Å². The summed E-state index contributed by atoms with van der Waals surface area (Å²) in [4.78, 5) is 0. The van der Waals surface area contributed by atoms with Crippen LogP contribution in [0.3, 0.4) is 0 Å². The summed E-state index contributed by atoms with van der Waals surface area (Å²) in [6, 6.07) is 3.20. The number of aromatic hydroxyl groups is 1. The number of phenolic OH excluding ortho intramolecular Hbond substituents is 1. The molecule has 1 aromatic carbocycles. The van der Waals surface area contributed by atoms with Gasteiger partial charge in [0.15, 0.2) is 0 Å². The zero-order valence-corrected chi connectivity index (χ0v) is 16.3. The number of hydrogen-bond donors (Lipinski definition) is 1. The highest BCUT2D eigenvalue weighted by atomic mass is 79.9. The highest BCUT2D eigenvalue weighted by Gasteiger charge is 2.15. The van der Waals surface area contributed by atoms with Crippen LogP contribution in [-0.2, 0) is 11.5 Å². The Labute approximate surface area is 142 Å². The molecule has 0 aliphatic carbocycles. The summed E-state index contributed by atoms with van der Waals surface area (Å²) >= 11 is 5.09. The van der Waals surface area contributed by atoms with Gasteiger partial charge < -0.3 is 9.84 Å². The van der Waals surface area contributed by atoms with Crippen molar-refractivity contribution < 1.29 is 9.84 Å². The highest BCUT2D eigenvalue weighted by molar-refractivity contribution is 9.10. The monoisotopic (exact) mass is 398 g/mol. The van der Waals surface area contributed by atoms with Crippen molar-refractivity contribution in [3.8, 4) is 5.75 Å². The Hall–Kier alpha value is -0.893. The normalized spacial score (nSPS) is 12.5. The third-order valence-electron chi connectivity index (χ3n) is 3.62. The molecule has 22 heavy (non-hydrogen) atoms. The fourth-order valence-electron chi connectivity index (χ4n) is 2.31. The second-order valence-electron chi connectivity index (χ2n) is 6.61. The standard InChI is InChI=1S/C15H19BrN2O2SSi/c1-22(2,3)5-4-20-9-18-12-6-13-14(11(16)8-21-13)15(19)10(12)7-17-18/h6-8,19H,4-5,9H2,1-3H3. The van der Waals surface area contributed by atoms with E-state index in [1.807, 2.05) is 10.1 Å². The Balaban J connectivity index is 1.86. The minimum absolute atomic E-state index is 0.286. The van der Waals surface area contributed by atoms with Crippen LogP contribution in [0.15, 0.2) is 22.1 Å². The predicted molar refractivity (Wildman–Crippen MR) is 98.6 cm³/mol. The molecule has 0 saturated heterocycles. The van der Waals surface area contributed by atoms with Gasteiger partial charge in [-0.1, -0.05) is 19.6 Å². The quantitative estimate of drug-likeness (QED) is 0.484. The van der Waals surface area contributed by atoms with Crippen LogP contribution in [0.1, 0.15) is 0 Å². The average molecular weight is 399 g/mol. The Morgan fingerprint density at radius 3 is 2.91 bits per heavy atom. The second-order valence-corrected chi connectivity index (χ2v) is 14.0. The Morgan fingerprint density at radius 2 is 2.18 bits per heavy atom. The average Bonchev–Trinajstić information content (AvgIpc) is 2.99. The smallest absolute Gasteiger partial charge is 0.139 e. The topological polar surface area (TPSA) is 47.3 Å². The SMILES string of the molecule is C[Si](C)(C)CCOCn1ncc2c(O)c3c(Br)csc3cc21. The number of fused-ring (bicyclic) bond motifs is 2. The van der Waals surface area contributed by atoms with E-state index in [1.165, 1.54) is 0 Å². The van der Waals surface area contributed by atoms with Gasteiger partial charge in [0.05, 0.1) is 17.1 Å². The van der Waals surface area contributed by atoms with Crippen molar-refractivity contribution in [2.75, 3.05) is 6.61 Å². The lowest BCUT2D eigenvalue weighted by molar-refractivity contribution is 0.0817. The lowest BCUT2D eigenvalue weighted by Crippen LogP contribution is -2.22. The fourth-order valence-corrected chi connectivity index (χ4v) is 4.73. The molecule has 0 bridgehead atoms. The van der Waals surface area contributed by atoms with Gasteiger partial charge in [0.1, 0.15) is 12.5 Å². The predicted octanol–water partition coefficient (Wildman–Crippen LogP) is 5.03. The molecule has 7 heteroatoms. The number of nitrogens with zero attached hydrogens (tertiary/aromatic N) is 2. The molecule has 0 aliphatic rings. The van der Waals surface area contributed by atoms with Crippen molar-refractivity contribution in [3.05, 3.63) is 22.1 Å². The van der Waals surface area contributed by atoms with E-state index in [-0.39, 0.29) is 5.75 Å². The van der Waals surface area contributed by atoms with Gasteiger partial charge in [0, 0.05) is 34.6 Å². The third-order valence-corrected chi connectivity index (χ3v) is 7.19. The number of hydrogen-bond acceptors (Lipinski definition) is 4. The van der Waals surface area contributed by atoms with Crippen molar-refractivity contribution in [3.63, 3.8) is 0 Å². The van der Waals surface area contributed by atoms with E-state index in [9.17, 15) is 5.11 Å². The van der Waals surface area contributed by atoms with Crippen molar-refractivity contribution >= 4 is 56.3 Å². The van der Waals surface area contributed by atoms with E-state index < -0.39 is 8.07 Å². The highest BCUT2D eigenvalue weighted by Crippen LogP contribution is 2.41. The van der Waals surface area contributed by atoms with E-state index in [4.69, 9.17) is 4.74 Å². The van der Waals surface area contributed by atoms with Crippen LogP contribution < -0.4 is 0 Å². The van der Waals surface area contributed by atoms with Crippen LogP contribution in [0.5, 0.6) is 5.75 Å². The third kappa shape index (κ3) is 3.08. The van der Waals surface area contributed by atoms with E-state index >= 15 is 0 Å². The molecule has 4 nitrogen and oxygen atoms in total. The summed E-state index contributed by atoms with van der Waals surface area (Å²) in [5.41, 5.74) is 0.910. The molecular weight excluding hydrogens is 380 g/mol. The fraction of sp³-hybridized carbons (Fsp3) is 0.400. The van der Waals surface area contributed by atoms with Crippen molar-refractivity contribution in [2.45, 2.75) is 32.4 Å². The molecule has 3 rings (SSSR count). The van der Waals surface area contributed by atoms with Gasteiger partial charge in [-0.05, 0) is 28.0 Å². The van der Waals surface area contributed by atoms with E-state index in [2.05, 4.69) is 46.7 Å². The first-order valence-electron chi connectivity index (χ1n) is 7.19. The molecule has 0 spiro atoms. The molecule has 0 aliphatic heterocycles. The van der Waals surface area contributed by atoms with E-state index in [0.717, 1.165) is 38.1 Å². The van der Waals surface area contributed by atoms with E-state index in [0.29, 0.717) is 6.73 Å². The molecule has 1 N–H and O–H groups in total. The van der Waals surface area contributed by atoms with Crippen molar-refractivity contribution in [1.29, 1.82) is 0 Å². The summed E-state index contributed by atoms with van der Waals surface area (Å²) in [7, 11) is -1.07. The molecule has 0 atom stereocenters. The molecule has 118 valence electrons. The number of aromatic nitrogens is 2. The Kier molecular flexibility index (Phi) is 4.33. The summed E-state index contributed by atoms with van der Waals surface area (Å²) in [5, 5.41) is 18.4. The second kappa shape index (κ2) is 5.96. The minimum Gasteiger partial charge on any atom is -0.506 e. The van der Waals surface area contributed by atoms with Crippen LogP contribution >= 0.6 is 27.3 Å². The van der Waals surface area contributed by atoms with Gasteiger partial charge in [-0.3, -0.25) is 0 Å². The summed E-state index contributed by atoms with van der Waals surface area (Å²) < 4.78 is 9.54. The molecule has 0 fully saturated rings. The number of phenols is 1. The van der Waals surface area contributed by atoms with Gasteiger partial charge >= 0.3 is 0 Å². The number of halogens is 1. The number of rotatable bonds is 5. The summed E-state index contributed by atoms with van der Waals surface area (Å²) in [5.74, 6) is 0.286. The summed E-state index contributed by atoms with van der Waals surface area (Å²) in [6.45, 7) is 8.19. The molecule has 0 radical (unpaired) electrons. The van der Waals surface area contributed by atoms with Gasteiger partial charge in [0.2, 0.25) is 0 Å². The molecular formula is C15H19BrN2O2SSi. The Bertz CT molecular complexity index is 822. The van der Waals surface area contributed by atoms with Crippen LogP contribution in [-0.4, -0.2) is 29.6 Å². The van der Waals surface area contributed by atoms with Crippen molar-refractivity contribution in [2.24, 2.45) is 0 Å². The van der Waals surface area contributed by atoms with Crippen LogP contribution in [0, 0.1) is 0 Å². The van der Waals surface area contributed by atoms with Crippen LogP contribution in [0.4, 0.5) is 0 Å². The maximum Gasteiger partial charge on any atom is 0.139 e. The number of benzene rings is 1. The maximum absolute atomic E-state index is 10.5. The molecule has 2 aromatic heterocycles. The van der Waals surface area contributed by atoms with Gasteiger partial charge in [-0.25, -0.2) is 4.68 Å². The van der Waals surface area contributed by atoms with E-state index in [1.54, 1.807) is 17.5 Å². The van der Waals surface area contributed by atoms with Gasteiger partial charge in [-0.15, -0.1) is 11.3 Å². The Morgan fingerprint density at radius 1 is 1.41 bits per heavy atom. The molecule has 3 aromatic rings. The lowest BCUT2D eigenvalue weighted by atomic mass is 10.2. The zero-order valence-electron chi connectivity index (χ0n) is 12.9. The number of ether oxygens (including phenoxy) is 1. The first kappa shape index (κ1) is 16.0. The van der Waals surface area contributed by atoms with Gasteiger partial charge in [0.25, 0.3) is 0 Å². The summed E-state index contributed by atoms with van der Waals surface area (Å²) in [6.07, 6.45) is 1.70. The van der Waals surface area contributed by atoms with Crippen LogP contribution in [0.2, 0.25) is 25.7 Å². The molecule has 0 saturated carbocycles. The van der Waals surface area contributed by atoms with Gasteiger partial charge in [-0.2, -0.15) is 5.10 Å². The molecule has 2 heterocycles. The first-order valence-corrected chi connectivity index (χ1v) is 12.6. The first-order chi connectivity index (χ1) is 10.4. The zero-order chi connectivity index (χ0) is 15.9. The van der Waals surface area contributed by atoms with Crippen molar-refractivity contribution in [1.82, 2.24) is 9.78 Å². The molecule has 0 unspecified atom stereocenters. The lowest BCUT2D eigenvalue weighted by Gasteiger charge is -2.15. The number of thiophene rings is 1. The largest absolute Gasteiger partial charge is 0.506 e. The minimum atomic E-state index is -1.07. The molecule has 0 amide bonds.